The van der Waals surface area contributed by atoms with Crippen LogP contribution in [-0.2, 0) is 4.74 Å². The van der Waals surface area contributed by atoms with Crippen molar-refractivity contribution in [2.75, 3.05) is 40.4 Å². The summed E-state index contributed by atoms with van der Waals surface area (Å²) in [6.07, 6.45) is 2.53. The normalized spacial score (nSPS) is 25.5. The number of methoxy groups -OCH3 is 1. The van der Waals surface area contributed by atoms with Gasteiger partial charge in [-0.2, -0.15) is 0 Å². The summed E-state index contributed by atoms with van der Waals surface area (Å²) in [5, 5.41) is 3.26. The molecule has 14 heavy (non-hydrogen) atoms. The van der Waals surface area contributed by atoms with Crippen molar-refractivity contribution in [2.24, 2.45) is 5.92 Å². The summed E-state index contributed by atoms with van der Waals surface area (Å²) < 4.78 is 5.25. The van der Waals surface area contributed by atoms with Crippen LogP contribution in [0.15, 0.2) is 0 Å². The highest BCUT2D eigenvalue weighted by Gasteiger charge is 2.26. The van der Waals surface area contributed by atoms with Crippen LogP contribution >= 0.6 is 0 Å². The monoisotopic (exact) mass is 200 g/mol. The lowest BCUT2D eigenvalue weighted by Gasteiger charge is -2.26. The number of hydrogen-bond donors (Lipinski definition) is 1. The van der Waals surface area contributed by atoms with E-state index in [1.807, 2.05) is 7.05 Å². The molecule has 0 saturated carbocycles. The number of nitrogens with zero attached hydrogens (tertiary/aromatic N) is 1. The second-order valence-corrected chi connectivity index (χ2v) is 4.22. The number of likely N-dealkylation sites (tertiary alicyclic amines) is 1. The first-order chi connectivity index (χ1) is 6.81. The van der Waals surface area contributed by atoms with E-state index < -0.39 is 0 Å². The molecule has 2 unspecified atom stereocenters. The highest BCUT2D eigenvalue weighted by Crippen LogP contribution is 2.19. The quantitative estimate of drug-likeness (QED) is 0.691. The van der Waals surface area contributed by atoms with Crippen molar-refractivity contribution in [3.8, 4) is 0 Å². The fraction of sp³-hybridized carbons (Fsp3) is 1.00. The highest BCUT2D eigenvalue weighted by molar-refractivity contribution is 4.81. The summed E-state index contributed by atoms with van der Waals surface area (Å²) >= 11 is 0. The molecule has 3 nitrogen and oxygen atoms in total. The zero-order chi connectivity index (χ0) is 10.4. The summed E-state index contributed by atoms with van der Waals surface area (Å²) in [5.41, 5.74) is 0. The van der Waals surface area contributed by atoms with Crippen molar-refractivity contribution in [3.05, 3.63) is 0 Å². The van der Waals surface area contributed by atoms with Gasteiger partial charge in [-0.05, 0) is 38.9 Å². The fourth-order valence-electron chi connectivity index (χ4n) is 2.32. The first kappa shape index (κ1) is 12.0. The lowest BCUT2D eigenvalue weighted by Crippen LogP contribution is -2.37. The predicted molar refractivity (Wildman–Crippen MR) is 59.6 cm³/mol. The van der Waals surface area contributed by atoms with E-state index in [0.717, 1.165) is 19.1 Å². The molecular formula is C11H24N2O. The van der Waals surface area contributed by atoms with Gasteiger partial charge in [-0.1, -0.05) is 6.92 Å². The smallest absolute Gasteiger partial charge is 0.0617 e. The molecule has 1 aliphatic rings. The number of rotatable bonds is 6. The van der Waals surface area contributed by atoms with Gasteiger partial charge in [0.05, 0.1) is 6.61 Å². The van der Waals surface area contributed by atoms with Crippen LogP contribution in [0.3, 0.4) is 0 Å². The fourth-order valence-corrected chi connectivity index (χ4v) is 2.32. The van der Waals surface area contributed by atoms with Crippen molar-refractivity contribution in [2.45, 2.75) is 25.8 Å². The molecule has 1 aliphatic heterocycles. The molecule has 1 saturated heterocycles. The maximum absolute atomic E-state index is 5.25. The third-order valence-electron chi connectivity index (χ3n) is 3.16. The van der Waals surface area contributed by atoms with E-state index in [0.29, 0.717) is 6.04 Å². The minimum Gasteiger partial charge on any atom is -0.383 e. The molecule has 1 heterocycles. The molecule has 1 rings (SSSR count). The summed E-state index contributed by atoms with van der Waals surface area (Å²) in [4.78, 5) is 2.57. The number of hydrogen-bond acceptors (Lipinski definition) is 3. The minimum atomic E-state index is 0.627. The van der Waals surface area contributed by atoms with E-state index in [9.17, 15) is 0 Å². The van der Waals surface area contributed by atoms with Crippen LogP contribution in [0.1, 0.15) is 19.8 Å². The van der Waals surface area contributed by atoms with Gasteiger partial charge in [0.25, 0.3) is 0 Å². The molecule has 0 radical (unpaired) electrons. The molecule has 1 N–H and O–H groups in total. The van der Waals surface area contributed by atoms with Gasteiger partial charge in [0.15, 0.2) is 0 Å². The molecule has 0 aromatic rings. The topological polar surface area (TPSA) is 24.5 Å². The summed E-state index contributed by atoms with van der Waals surface area (Å²) in [7, 11) is 3.83. The SMILES string of the molecule is CCC(COC)N1CCC(CNC)C1. The van der Waals surface area contributed by atoms with Crippen molar-refractivity contribution >= 4 is 0 Å². The Balaban J connectivity index is 2.31. The highest BCUT2D eigenvalue weighted by atomic mass is 16.5. The molecule has 0 amide bonds. The lowest BCUT2D eigenvalue weighted by molar-refractivity contribution is 0.100. The Hall–Kier alpha value is -0.120. The summed E-state index contributed by atoms with van der Waals surface area (Å²) in [6, 6.07) is 0.627. The standard InChI is InChI=1S/C11H24N2O/c1-4-11(9-14-3)13-6-5-10(8-13)7-12-2/h10-12H,4-9H2,1-3H3. The Labute approximate surface area is 87.8 Å². The van der Waals surface area contributed by atoms with Gasteiger partial charge in [0.1, 0.15) is 0 Å². The summed E-state index contributed by atoms with van der Waals surface area (Å²) in [5.74, 6) is 0.839. The van der Waals surface area contributed by atoms with Gasteiger partial charge >= 0.3 is 0 Å². The average Bonchev–Trinajstić information content (AvgIpc) is 2.63. The van der Waals surface area contributed by atoms with E-state index >= 15 is 0 Å². The Morgan fingerprint density at radius 1 is 1.57 bits per heavy atom. The maximum atomic E-state index is 5.25. The van der Waals surface area contributed by atoms with Crippen molar-refractivity contribution < 1.29 is 4.74 Å². The Bertz CT molecular complexity index is 152. The van der Waals surface area contributed by atoms with Crippen LogP contribution in [0.25, 0.3) is 0 Å². The molecule has 0 bridgehead atoms. The van der Waals surface area contributed by atoms with Gasteiger partial charge in [0, 0.05) is 19.7 Å². The van der Waals surface area contributed by atoms with Gasteiger partial charge in [-0.15, -0.1) is 0 Å². The molecule has 0 aromatic heterocycles. The molecule has 0 aliphatic carbocycles. The van der Waals surface area contributed by atoms with Crippen LogP contribution < -0.4 is 5.32 Å². The van der Waals surface area contributed by atoms with Gasteiger partial charge in [0.2, 0.25) is 0 Å². The molecule has 3 heteroatoms. The second-order valence-electron chi connectivity index (χ2n) is 4.22. The molecule has 2 atom stereocenters. The van der Waals surface area contributed by atoms with E-state index in [1.165, 1.54) is 25.9 Å². The van der Waals surface area contributed by atoms with Crippen LogP contribution in [0.4, 0.5) is 0 Å². The molecule has 0 spiro atoms. The van der Waals surface area contributed by atoms with Crippen LogP contribution in [0.2, 0.25) is 0 Å². The zero-order valence-electron chi connectivity index (χ0n) is 9.75. The third-order valence-corrected chi connectivity index (χ3v) is 3.16. The Morgan fingerprint density at radius 3 is 2.93 bits per heavy atom. The van der Waals surface area contributed by atoms with E-state index in [2.05, 4.69) is 17.1 Å². The second kappa shape index (κ2) is 6.38. The first-order valence-corrected chi connectivity index (χ1v) is 5.69. The third kappa shape index (κ3) is 3.23. The average molecular weight is 200 g/mol. The Morgan fingerprint density at radius 2 is 2.36 bits per heavy atom. The van der Waals surface area contributed by atoms with Crippen LogP contribution in [0, 0.1) is 5.92 Å². The first-order valence-electron chi connectivity index (χ1n) is 5.69. The van der Waals surface area contributed by atoms with Crippen molar-refractivity contribution in [1.29, 1.82) is 0 Å². The number of ether oxygens (including phenoxy) is 1. The maximum Gasteiger partial charge on any atom is 0.0617 e. The van der Waals surface area contributed by atoms with E-state index in [4.69, 9.17) is 4.74 Å². The van der Waals surface area contributed by atoms with Crippen molar-refractivity contribution in [3.63, 3.8) is 0 Å². The minimum absolute atomic E-state index is 0.627. The van der Waals surface area contributed by atoms with E-state index in [1.54, 1.807) is 7.11 Å². The van der Waals surface area contributed by atoms with Crippen molar-refractivity contribution in [1.82, 2.24) is 10.2 Å². The summed E-state index contributed by atoms with van der Waals surface area (Å²) in [6.45, 7) is 6.76. The molecule has 0 aromatic carbocycles. The molecule has 1 fully saturated rings. The molecular weight excluding hydrogens is 176 g/mol. The van der Waals surface area contributed by atoms with Gasteiger partial charge in [-0.3, -0.25) is 4.90 Å². The number of nitrogens with one attached hydrogen (secondary N) is 1. The van der Waals surface area contributed by atoms with Crippen LogP contribution in [0.5, 0.6) is 0 Å². The largest absolute Gasteiger partial charge is 0.383 e. The predicted octanol–water partition coefficient (Wildman–Crippen LogP) is 0.953. The van der Waals surface area contributed by atoms with Gasteiger partial charge < -0.3 is 10.1 Å². The molecule has 84 valence electrons. The van der Waals surface area contributed by atoms with Gasteiger partial charge in [-0.25, -0.2) is 0 Å². The van der Waals surface area contributed by atoms with E-state index in [-0.39, 0.29) is 0 Å². The zero-order valence-corrected chi connectivity index (χ0v) is 9.75. The Kier molecular flexibility index (Phi) is 5.45. The van der Waals surface area contributed by atoms with Crippen LogP contribution in [-0.4, -0.2) is 51.3 Å². The lowest BCUT2D eigenvalue weighted by atomic mass is 10.1.